The molecular formula is C44H34. The van der Waals surface area contributed by atoms with E-state index in [9.17, 15) is 0 Å². The van der Waals surface area contributed by atoms with E-state index >= 15 is 0 Å². The van der Waals surface area contributed by atoms with Crippen LogP contribution in [-0.2, 0) is 5.41 Å². The van der Waals surface area contributed by atoms with E-state index in [1.807, 2.05) is 0 Å². The highest BCUT2D eigenvalue weighted by molar-refractivity contribution is 6.25. The molecule has 0 aromatic heterocycles. The fourth-order valence-electron chi connectivity index (χ4n) is 6.76. The quantitative estimate of drug-likeness (QED) is 0.187. The molecule has 0 atom stereocenters. The fourth-order valence-corrected chi connectivity index (χ4v) is 6.76. The van der Waals surface area contributed by atoms with E-state index in [2.05, 4.69) is 172 Å². The summed E-state index contributed by atoms with van der Waals surface area (Å²) in [4.78, 5) is 0. The maximum Gasteiger partial charge on any atom is -0.00206 e. The molecule has 0 aliphatic rings. The molecule has 0 aliphatic carbocycles. The Balaban J connectivity index is 1.22. The SMILES string of the molecule is CC(C)(C)c1cc2ccc3ccc(-c4cccc(-c5cccc(-c6cccc(-c7ccccc7)c6)c5)c4)c4ccc(c1)c2c34. The molecule has 0 radical (unpaired) electrons. The summed E-state index contributed by atoms with van der Waals surface area (Å²) in [5.74, 6) is 0. The molecule has 8 aromatic rings. The van der Waals surface area contributed by atoms with E-state index in [0.717, 1.165) is 0 Å². The monoisotopic (exact) mass is 562 g/mol. The largest absolute Gasteiger partial charge is 0.0622 e. The van der Waals surface area contributed by atoms with Gasteiger partial charge in [0, 0.05) is 0 Å². The highest BCUT2D eigenvalue weighted by Gasteiger charge is 2.18. The molecule has 0 saturated heterocycles. The van der Waals surface area contributed by atoms with Crippen LogP contribution in [0.25, 0.3) is 76.8 Å². The van der Waals surface area contributed by atoms with Gasteiger partial charge in [-0.3, -0.25) is 0 Å². The maximum atomic E-state index is 2.39. The lowest BCUT2D eigenvalue weighted by molar-refractivity contribution is 0.591. The molecule has 210 valence electrons. The minimum Gasteiger partial charge on any atom is -0.0622 e. The zero-order valence-electron chi connectivity index (χ0n) is 25.4. The van der Waals surface area contributed by atoms with Crippen LogP contribution in [0.4, 0.5) is 0 Å². The van der Waals surface area contributed by atoms with Crippen LogP contribution < -0.4 is 0 Å². The minimum atomic E-state index is 0.109. The lowest BCUT2D eigenvalue weighted by Gasteiger charge is -2.22. The van der Waals surface area contributed by atoms with E-state index in [1.54, 1.807) is 0 Å². The predicted octanol–water partition coefficient (Wildman–Crippen LogP) is 12.5. The van der Waals surface area contributed by atoms with Gasteiger partial charge in [-0.05, 0) is 106 Å². The van der Waals surface area contributed by atoms with Crippen molar-refractivity contribution in [1.82, 2.24) is 0 Å². The highest BCUT2D eigenvalue weighted by atomic mass is 14.2. The second-order valence-corrected chi connectivity index (χ2v) is 13.0. The first-order valence-corrected chi connectivity index (χ1v) is 15.5. The van der Waals surface area contributed by atoms with Crippen LogP contribution in [0, 0.1) is 0 Å². The standard InChI is InChI=1S/C44H34/c1-44(2,3)39-27-37-19-18-30-20-22-40(41-23-21-38(28-39)42(37)43(30)41)36-17-9-16-35(26-36)34-15-8-14-33(25-34)32-13-7-12-31(24-32)29-10-5-4-6-11-29/h4-28H,1-3H3. The molecule has 0 nitrogen and oxygen atoms in total. The first-order valence-electron chi connectivity index (χ1n) is 15.5. The van der Waals surface area contributed by atoms with Crippen molar-refractivity contribution in [3.63, 3.8) is 0 Å². The van der Waals surface area contributed by atoms with Crippen LogP contribution in [-0.4, -0.2) is 0 Å². The maximum absolute atomic E-state index is 2.39. The van der Waals surface area contributed by atoms with Crippen LogP contribution in [0.3, 0.4) is 0 Å². The van der Waals surface area contributed by atoms with Crippen molar-refractivity contribution in [3.05, 3.63) is 157 Å². The van der Waals surface area contributed by atoms with Gasteiger partial charge in [-0.1, -0.05) is 154 Å². The van der Waals surface area contributed by atoms with E-state index in [0.29, 0.717) is 0 Å². The van der Waals surface area contributed by atoms with Gasteiger partial charge in [-0.15, -0.1) is 0 Å². The van der Waals surface area contributed by atoms with Crippen molar-refractivity contribution in [2.45, 2.75) is 26.2 Å². The molecule has 0 saturated carbocycles. The number of hydrogen-bond acceptors (Lipinski definition) is 0. The molecule has 0 fully saturated rings. The van der Waals surface area contributed by atoms with Crippen LogP contribution in [0.15, 0.2) is 152 Å². The molecule has 0 unspecified atom stereocenters. The van der Waals surface area contributed by atoms with Gasteiger partial charge in [-0.2, -0.15) is 0 Å². The van der Waals surface area contributed by atoms with Gasteiger partial charge in [-0.25, -0.2) is 0 Å². The van der Waals surface area contributed by atoms with Crippen molar-refractivity contribution in [1.29, 1.82) is 0 Å². The van der Waals surface area contributed by atoms with Crippen LogP contribution in [0.2, 0.25) is 0 Å². The molecule has 0 heteroatoms. The molecule has 8 rings (SSSR count). The third-order valence-corrected chi connectivity index (χ3v) is 9.14. The number of hydrogen-bond donors (Lipinski definition) is 0. The summed E-state index contributed by atoms with van der Waals surface area (Å²) in [6, 6.07) is 56.0. The second-order valence-electron chi connectivity index (χ2n) is 13.0. The Hall–Kier alpha value is -5.20. The average Bonchev–Trinajstić information content (AvgIpc) is 3.07. The Morgan fingerprint density at radius 1 is 0.341 bits per heavy atom. The van der Waals surface area contributed by atoms with E-state index in [1.165, 1.54) is 82.4 Å². The molecule has 8 aromatic carbocycles. The van der Waals surface area contributed by atoms with Crippen molar-refractivity contribution in [2.24, 2.45) is 0 Å². The molecule has 44 heavy (non-hydrogen) atoms. The van der Waals surface area contributed by atoms with Crippen molar-refractivity contribution < 1.29 is 0 Å². The van der Waals surface area contributed by atoms with Gasteiger partial charge in [0.05, 0.1) is 0 Å². The molecule has 0 aliphatic heterocycles. The van der Waals surface area contributed by atoms with Crippen LogP contribution in [0.5, 0.6) is 0 Å². The summed E-state index contributed by atoms with van der Waals surface area (Å²) in [6.07, 6.45) is 0. The normalized spacial score (nSPS) is 12.0. The average molecular weight is 563 g/mol. The smallest absolute Gasteiger partial charge is 0.00206 e. The fraction of sp³-hybridized carbons (Fsp3) is 0.0909. The molecule has 0 spiro atoms. The van der Waals surface area contributed by atoms with E-state index < -0.39 is 0 Å². The van der Waals surface area contributed by atoms with Gasteiger partial charge in [0.1, 0.15) is 0 Å². The van der Waals surface area contributed by atoms with Crippen molar-refractivity contribution in [3.8, 4) is 44.5 Å². The number of rotatable bonds is 4. The minimum absolute atomic E-state index is 0.109. The lowest BCUT2D eigenvalue weighted by atomic mass is 9.82. The topological polar surface area (TPSA) is 0 Å². The van der Waals surface area contributed by atoms with Crippen LogP contribution >= 0.6 is 0 Å². The molecule has 0 bridgehead atoms. The Morgan fingerprint density at radius 2 is 0.795 bits per heavy atom. The summed E-state index contributed by atoms with van der Waals surface area (Å²) in [5, 5.41) is 7.99. The second kappa shape index (κ2) is 10.2. The van der Waals surface area contributed by atoms with E-state index in [4.69, 9.17) is 0 Å². The molecule has 0 amide bonds. The first-order chi connectivity index (χ1) is 21.4. The first kappa shape index (κ1) is 26.4. The van der Waals surface area contributed by atoms with Gasteiger partial charge < -0.3 is 0 Å². The zero-order valence-corrected chi connectivity index (χ0v) is 25.4. The Labute approximate surface area is 259 Å². The Kier molecular flexibility index (Phi) is 6.13. The van der Waals surface area contributed by atoms with E-state index in [-0.39, 0.29) is 5.41 Å². The summed E-state index contributed by atoms with van der Waals surface area (Å²) in [5.41, 5.74) is 11.4. The van der Waals surface area contributed by atoms with Crippen LogP contribution in [0.1, 0.15) is 26.3 Å². The van der Waals surface area contributed by atoms with Crippen molar-refractivity contribution >= 4 is 32.3 Å². The highest BCUT2D eigenvalue weighted by Crippen LogP contribution is 2.41. The van der Waals surface area contributed by atoms with Gasteiger partial charge in [0.15, 0.2) is 0 Å². The Bertz CT molecular complexity index is 2280. The molecule has 0 heterocycles. The van der Waals surface area contributed by atoms with Gasteiger partial charge in [0.2, 0.25) is 0 Å². The van der Waals surface area contributed by atoms with Crippen molar-refractivity contribution in [2.75, 3.05) is 0 Å². The molecular weight excluding hydrogens is 528 g/mol. The van der Waals surface area contributed by atoms with Gasteiger partial charge in [0.25, 0.3) is 0 Å². The summed E-state index contributed by atoms with van der Waals surface area (Å²) >= 11 is 0. The lowest BCUT2D eigenvalue weighted by Crippen LogP contribution is -2.10. The third kappa shape index (κ3) is 4.55. The summed E-state index contributed by atoms with van der Waals surface area (Å²) < 4.78 is 0. The Morgan fingerprint density at radius 3 is 1.39 bits per heavy atom. The third-order valence-electron chi connectivity index (χ3n) is 9.14. The predicted molar refractivity (Wildman–Crippen MR) is 191 cm³/mol. The van der Waals surface area contributed by atoms with Gasteiger partial charge >= 0.3 is 0 Å². The summed E-state index contributed by atoms with van der Waals surface area (Å²) in [7, 11) is 0. The zero-order chi connectivity index (χ0) is 29.8. The molecule has 0 N–H and O–H groups in total. The number of benzene rings is 8. The summed E-state index contributed by atoms with van der Waals surface area (Å²) in [6.45, 7) is 6.88.